The van der Waals surface area contributed by atoms with Gasteiger partial charge in [0.25, 0.3) is 0 Å². The van der Waals surface area contributed by atoms with E-state index in [-0.39, 0.29) is 17.9 Å². The van der Waals surface area contributed by atoms with Gasteiger partial charge < -0.3 is 10.4 Å². The van der Waals surface area contributed by atoms with Crippen molar-refractivity contribution in [1.82, 2.24) is 4.98 Å². The van der Waals surface area contributed by atoms with E-state index in [1.165, 1.54) is 18.3 Å². The number of hydrogen-bond donors (Lipinski definition) is 2. The molecule has 0 saturated heterocycles. The lowest BCUT2D eigenvalue weighted by Crippen LogP contribution is -2.32. The monoisotopic (exact) mass is 253 g/mol. The highest BCUT2D eigenvalue weighted by Gasteiger charge is 2.23. The molecule has 0 aliphatic heterocycles. The van der Waals surface area contributed by atoms with Gasteiger partial charge in [-0.15, -0.1) is 0 Å². The van der Waals surface area contributed by atoms with Crippen LogP contribution in [0.1, 0.15) is 26.7 Å². The highest BCUT2D eigenvalue weighted by Crippen LogP contribution is 2.25. The zero-order valence-electron chi connectivity index (χ0n) is 10.2. The van der Waals surface area contributed by atoms with Gasteiger partial charge in [-0.1, -0.05) is 0 Å². The van der Waals surface area contributed by atoms with Crippen molar-refractivity contribution in [3.63, 3.8) is 0 Å². The van der Waals surface area contributed by atoms with Gasteiger partial charge in [-0.3, -0.25) is 14.9 Å². The zero-order chi connectivity index (χ0) is 13.8. The van der Waals surface area contributed by atoms with Crippen LogP contribution < -0.4 is 5.32 Å². The van der Waals surface area contributed by atoms with Crippen LogP contribution in [0.15, 0.2) is 18.3 Å². The Kier molecular flexibility index (Phi) is 4.19. The van der Waals surface area contributed by atoms with E-state index < -0.39 is 16.4 Å². The molecule has 2 N–H and O–H groups in total. The highest BCUT2D eigenvalue weighted by molar-refractivity contribution is 5.67. The SMILES string of the molecule is CC(C)(CCC(=O)O)Nc1ncccc1[N+](=O)[O-]. The minimum atomic E-state index is -0.902. The maximum atomic E-state index is 10.8. The van der Waals surface area contributed by atoms with Crippen LogP contribution in [0.4, 0.5) is 11.5 Å². The van der Waals surface area contributed by atoms with Gasteiger partial charge in [0, 0.05) is 24.2 Å². The minimum absolute atomic E-state index is 0.0133. The van der Waals surface area contributed by atoms with Crippen molar-refractivity contribution in [3.8, 4) is 0 Å². The summed E-state index contributed by atoms with van der Waals surface area (Å²) in [5.41, 5.74) is -0.710. The largest absolute Gasteiger partial charge is 0.481 e. The topological polar surface area (TPSA) is 105 Å². The van der Waals surface area contributed by atoms with Crippen LogP contribution in [-0.4, -0.2) is 26.5 Å². The van der Waals surface area contributed by atoms with E-state index in [1.807, 2.05) is 0 Å². The van der Waals surface area contributed by atoms with Crippen LogP contribution in [0.25, 0.3) is 0 Å². The fourth-order valence-corrected chi connectivity index (χ4v) is 1.44. The number of anilines is 1. The third kappa shape index (κ3) is 4.00. The highest BCUT2D eigenvalue weighted by atomic mass is 16.6. The summed E-state index contributed by atoms with van der Waals surface area (Å²) >= 11 is 0. The molecule has 0 atom stereocenters. The average molecular weight is 253 g/mol. The van der Waals surface area contributed by atoms with E-state index in [4.69, 9.17) is 5.11 Å². The number of carbonyl (C=O) groups is 1. The number of hydrogen-bond acceptors (Lipinski definition) is 5. The Labute approximate surface area is 104 Å². The molecule has 1 rings (SSSR count). The number of carboxylic acid groups (broad SMARTS) is 1. The van der Waals surface area contributed by atoms with E-state index in [1.54, 1.807) is 13.8 Å². The van der Waals surface area contributed by atoms with Crippen molar-refractivity contribution in [2.45, 2.75) is 32.2 Å². The lowest BCUT2D eigenvalue weighted by molar-refractivity contribution is -0.384. The van der Waals surface area contributed by atoms with Gasteiger partial charge in [-0.05, 0) is 26.3 Å². The van der Waals surface area contributed by atoms with Gasteiger partial charge in [0.15, 0.2) is 0 Å². The molecule has 0 radical (unpaired) electrons. The summed E-state index contributed by atoms with van der Waals surface area (Å²) < 4.78 is 0. The van der Waals surface area contributed by atoms with Crippen LogP contribution in [0.3, 0.4) is 0 Å². The molecular weight excluding hydrogens is 238 g/mol. The minimum Gasteiger partial charge on any atom is -0.481 e. The first-order valence-electron chi connectivity index (χ1n) is 5.41. The predicted octanol–water partition coefficient (Wildman–Crippen LogP) is 2.05. The molecule has 0 fully saturated rings. The maximum absolute atomic E-state index is 10.8. The number of aromatic nitrogens is 1. The lowest BCUT2D eigenvalue weighted by Gasteiger charge is -2.25. The number of rotatable bonds is 6. The number of pyridine rings is 1. The smallest absolute Gasteiger partial charge is 0.311 e. The Hall–Kier alpha value is -2.18. The van der Waals surface area contributed by atoms with Crippen molar-refractivity contribution in [1.29, 1.82) is 0 Å². The zero-order valence-corrected chi connectivity index (χ0v) is 10.2. The van der Waals surface area contributed by atoms with E-state index in [2.05, 4.69) is 10.3 Å². The molecule has 1 heterocycles. The quantitative estimate of drug-likeness (QED) is 0.593. The van der Waals surface area contributed by atoms with Gasteiger partial charge >= 0.3 is 11.7 Å². The van der Waals surface area contributed by atoms with Crippen molar-refractivity contribution >= 4 is 17.5 Å². The molecule has 1 aromatic heterocycles. The molecule has 0 aliphatic carbocycles. The van der Waals surface area contributed by atoms with Crippen molar-refractivity contribution < 1.29 is 14.8 Å². The van der Waals surface area contributed by atoms with Crippen molar-refractivity contribution in [3.05, 3.63) is 28.4 Å². The third-order valence-electron chi connectivity index (χ3n) is 2.40. The average Bonchev–Trinajstić information content (AvgIpc) is 2.26. The second kappa shape index (κ2) is 5.44. The van der Waals surface area contributed by atoms with E-state index in [0.29, 0.717) is 6.42 Å². The number of nitro groups is 1. The maximum Gasteiger partial charge on any atom is 0.311 e. The Balaban J connectivity index is 2.83. The molecule has 0 unspecified atom stereocenters. The normalized spacial score (nSPS) is 11.0. The third-order valence-corrected chi connectivity index (χ3v) is 2.40. The molecule has 0 spiro atoms. The molecular formula is C11H15N3O4. The van der Waals surface area contributed by atoms with Crippen LogP contribution in [-0.2, 0) is 4.79 Å². The number of nitrogens with zero attached hydrogens (tertiary/aromatic N) is 2. The summed E-state index contributed by atoms with van der Waals surface area (Å²) in [6, 6.07) is 2.83. The molecule has 1 aromatic rings. The van der Waals surface area contributed by atoms with E-state index in [9.17, 15) is 14.9 Å². The molecule has 0 aliphatic rings. The molecule has 98 valence electrons. The standard InChI is InChI=1S/C11H15N3O4/c1-11(2,6-5-9(15)16)13-10-8(14(17)18)4-3-7-12-10/h3-4,7H,5-6H2,1-2H3,(H,12,13)(H,15,16). The molecule has 18 heavy (non-hydrogen) atoms. The summed E-state index contributed by atoms with van der Waals surface area (Å²) in [5.74, 6) is -0.752. The summed E-state index contributed by atoms with van der Waals surface area (Å²) in [6.07, 6.45) is 1.78. The number of nitrogens with one attached hydrogen (secondary N) is 1. The number of carboxylic acids is 1. The Morgan fingerprint density at radius 2 is 2.28 bits per heavy atom. The predicted molar refractivity (Wildman–Crippen MR) is 65.5 cm³/mol. The van der Waals surface area contributed by atoms with Crippen LogP contribution in [0.5, 0.6) is 0 Å². The summed E-state index contributed by atoms with van der Waals surface area (Å²) in [6.45, 7) is 3.54. The van der Waals surface area contributed by atoms with Gasteiger partial charge in [0.2, 0.25) is 5.82 Å². The number of aliphatic carboxylic acids is 1. The second-order valence-corrected chi connectivity index (χ2v) is 4.53. The Bertz CT molecular complexity index is 459. The molecule has 7 nitrogen and oxygen atoms in total. The van der Waals surface area contributed by atoms with E-state index in [0.717, 1.165) is 0 Å². The van der Waals surface area contributed by atoms with Gasteiger partial charge in [0.05, 0.1) is 4.92 Å². The molecule has 7 heteroatoms. The van der Waals surface area contributed by atoms with Gasteiger partial charge in [-0.2, -0.15) is 0 Å². The van der Waals surface area contributed by atoms with Crippen molar-refractivity contribution in [2.24, 2.45) is 0 Å². The van der Waals surface area contributed by atoms with Crippen LogP contribution >= 0.6 is 0 Å². The van der Waals surface area contributed by atoms with Crippen LogP contribution in [0.2, 0.25) is 0 Å². The fourth-order valence-electron chi connectivity index (χ4n) is 1.44. The molecule has 0 amide bonds. The molecule has 0 bridgehead atoms. The second-order valence-electron chi connectivity index (χ2n) is 4.53. The molecule has 0 aromatic carbocycles. The van der Waals surface area contributed by atoms with Gasteiger partial charge in [-0.25, -0.2) is 4.98 Å². The summed E-state index contributed by atoms with van der Waals surface area (Å²) in [7, 11) is 0. The van der Waals surface area contributed by atoms with Gasteiger partial charge in [0.1, 0.15) is 0 Å². The Morgan fingerprint density at radius 3 is 2.83 bits per heavy atom. The first kappa shape index (κ1) is 13.9. The lowest BCUT2D eigenvalue weighted by atomic mass is 9.98. The first-order valence-corrected chi connectivity index (χ1v) is 5.41. The fraction of sp³-hybridized carbons (Fsp3) is 0.455. The summed E-state index contributed by atoms with van der Waals surface area (Å²) in [5, 5.41) is 22.3. The van der Waals surface area contributed by atoms with Crippen molar-refractivity contribution in [2.75, 3.05) is 5.32 Å². The van der Waals surface area contributed by atoms with Crippen LogP contribution in [0, 0.1) is 10.1 Å². The summed E-state index contributed by atoms with van der Waals surface area (Å²) in [4.78, 5) is 24.7. The van der Waals surface area contributed by atoms with E-state index >= 15 is 0 Å². The Morgan fingerprint density at radius 1 is 1.61 bits per heavy atom. The molecule has 0 saturated carbocycles. The first-order chi connectivity index (χ1) is 8.32.